The van der Waals surface area contributed by atoms with Crippen molar-refractivity contribution >= 4 is 39.2 Å². The predicted octanol–water partition coefficient (Wildman–Crippen LogP) is 10.2. The third-order valence-corrected chi connectivity index (χ3v) is 9.18. The highest BCUT2D eigenvalue weighted by Gasteiger charge is 2.48. The lowest BCUT2D eigenvalue weighted by molar-refractivity contribution is 0.509. The molecule has 0 radical (unpaired) electrons. The fourth-order valence-corrected chi connectivity index (χ4v) is 7.46. The Labute approximate surface area is 241 Å². The summed E-state index contributed by atoms with van der Waals surface area (Å²) < 4.78 is 0. The fraction of sp³-hybridized carbons (Fsp3) is 0.128. The molecule has 0 aromatic heterocycles. The summed E-state index contributed by atoms with van der Waals surface area (Å²) >= 11 is 0. The molecule has 2 heteroatoms. The number of nitrogens with one attached hydrogen (secondary N) is 1. The Morgan fingerprint density at radius 3 is 1.83 bits per heavy atom. The number of nitrogens with zero attached hydrogens (tertiary/aromatic N) is 1. The molecule has 1 spiro atoms. The molecule has 2 nitrogen and oxygen atoms in total. The summed E-state index contributed by atoms with van der Waals surface area (Å²) in [6, 6.07) is 50.8. The molecule has 6 aromatic rings. The SMILES string of the molecule is c1ccc(N(c2ccccc2)c2cccc3c2[C@]2(CCc4cccc(Nc5ccc6ccccc6c5)c42)CC3)cc1. The van der Waals surface area contributed by atoms with Crippen molar-refractivity contribution in [2.75, 3.05) is 10.2 Å². The number of anilines is 5. The van der Waals surface area contributed by atoms with Crippen molar-refractivity contribution in [3.05, 3.63) is 162 Å². The van der Waals surface area contributed by atoms with Crippen LogP contribution < -0.4 is 10.2 Å². The number of rotatable bonds is 5. The van der Waals surface area contributed by atoms with Gasteiger partial charge in [0, 0.05) is 28.2 Å². The van der Waals surface area contributed by atoms with Crippen LogP contribution in [0.5, 0.6) is 0 Å². The minimum atomic E-state index is -0.0243. The standard InChI is InChI=1S/C39H32N2/c1-3-15-33(16-4-1)41(34-17-5-2-6-18-34)36-20-10-14-30-24-26-39(38(30)36)25-23-29-13-9-19-35(37(29)39)40-32-22-21-28-11-7-8-12-31(28)27-32/h1-22,27,40H,23-26H2/t39-/m1/s1. The van der Waals surface area contributed by atoms with E-state index in [-0.39, 0.29) is 5.41 Å². The van der Waals surface area contributed by atoms with Crippen LogP contribution in [0.15, 0.2) is 140 Å². The van der Waals surface area contributed by atoms with Crippen molar-refractivity contribution in [2.45, 2.75) is 31.1 Å². The van der Waals surface area contributed by atoms with Crippen LogP contribution in [0.1, 0.15) is 35.1 Å². The maximum atomic E-state index is 3.88. The molecule has 0 bridgehead atoms. The second-order valence-electron chi connectivity index (χ2n) is 11.4. The molecule has 1 N–H and O–H groups in total. The first kappa shape index (κ1) is 24.0. The third-order valence-electron chi connectivity index (χ3n) is 9.18. The van der Waals surface area contributed by atoms with Gasteiger partial charge in [-0.2, -0.15) is 0 Å². The van der Waals surface area contributed by atoms with Crippen LogP contribution in [0.4, 0.5) is 28.4 Å². The zero-order valence-electron chi connectivity index (χ0n) is 23.1. The number of hydrogen-bond donors (Lipinski definition) is 1. The second-order valence-corrected chi connectivity index (χ2v) is 11.4. The molecular formula is C39H32N2. The zero-order chi connectivity index (χ0) is 27.2. The topological polar surface area (TPSA) is 15.3 Å². The molecule has 0 unspecified atom stereocenters. The molecule has 41 heavy (non-hydrogen) atoms. The van der Waals surface area contributed by atoms with E-state index in [2.05, 4.69) is 150 Å². The van der Waals surface area contributed by atoms with Gasteiger partial charge in [-0.25, -0.2) is 0 Å². The minimum Gasteiger partial charge on any atom is -0.355 e. The summed E-state index contributed by atoms with van der Waals surface area (Å²) in [7, 11) is 0. The highest BCUT2D eigenvalue weighted by atomic mass is 15.1. The first-order valence-corrected chi connectivity index (χ1v) is 14.7. The van der Waals surface area contributed by atoms with Crippen molar-refractivity contribution in [1.82, 2.24) is 0 Å². The average molecular weight is 529 g/mol. The van der Waals surface area contributed by atoms with Crippen LogP contribution in [-0.4, -0.2) is 0 Å². The number of aryl methyl sites for hydroxylation is 2. The Balaban J connectivity index is 1.30. The molecule has 0 heterocycles. The Hall–Kier alpha value is -4.82. The fourth-order valence-electron chi connectivity index (χ4n) is 7.46. The van der Waals surface area contributed by atoms with Gasteiger partial charge in [-0.05, 0) is 107 Å². The van der Waals surface area contributed by atoms with Crippen LogP contribution in [0.3, 0.4) is 0 Å². The number of benzene rings is 6. The van der Waals surface area contributed by atoms with Crippen molar-refractivity contribution in [3.8, 4) is 0 Å². The van der Waals surface area contributed by atoms with E-state index in [0.717, 1.165) is 31.4 Å². The molecule has 6 aromatic carbocycles. The molecular weight excluding hydrogens is 496 g/mol. The van der Waals surface area contributed by atoms with E-state index in [9.17, 15) is 0 Å². The van der Waals surface area contributed by atoms with Crippen LogP contribution in [-0.2, 0) is 18.3 Å². The third kappa shape index (κ3) is 3.94. The molecule has 1 atom stereocenters. The van der Waals surface area contributed by atoms with E-state index in [1.165, 1.54) is 55.8 Å². The Bertz CT molecular complexity index is 1830. The molecule has 0 fully saturated rings. The Morgan fingerprint density at radius 1 is 0.512 bits per heavy atom. The molecule has 198 valence electrons. The van der Waals surface area contributed by atoms with E-state index >= 15 is 0 Å². The van der Waals surface area contributed by atoms with Gasteiger partial charge < -0.3 is 10.2 Å². The highest BCUT2D eigenvalue weighted by Crippen LogP contribution is 2.58. The Kier molecular flexibility index (Phi) is 5.67. The Morgan fingerprint density at radius 2 is 1.12 bits per heavy atom. The second kappa shape index (κ2) is 9.67. The predicted molar refractivity (Wildman–Crippen MR) is 172 cm³/mol. The van der Waals surface area contributed by atoms with E-state index in [1.807, 2.05) is 0 Å². The lowest BCUT2D eigenvalue weighted by Crippen LogP contribution is -2.25. The molecule has 2 aliphatic rings. The molecule has 0 saturated heterocycles. The van der Waals surface area contributed by atoms with E-state index < -0.39 is 0 Å². The van der Waals surface area contributed by atoms with Gasteiger partial charge in [0.25, 0.3) is 0 Å². The molecule has 0 saturated carbocycles. The monoisotopic (exact) mass is 528 g/mol. The summed E-state index contributed by atoms with van der Waals surface area (Å²) in [5, 5.41) is 6.40. The van der Waals surface area contributed by atoms with Gasteiger partial charge >= 0.3 is 0 Å². The van der Waals surface area contributed by atoms with Gasteiger partial charge in [-0.3, -0.25) is 0 Å². The maximum absolute atomic E-state index is 3.88. The maximum Gasteiger partial charge on any atom is 0.0505 e. The van der Waals surface area contributed by atoms with Gasteiger partial charge in [0.05, 0.1) is 5.69 Å². The lowest BCUT2D eigenvalue weighted by Gasteiger charge is -2.35. The molecule has 0 aliphatic heterocycles. The molecule has 0 amide bonds. The largest absolute Gasteiger partial charge is 0.355 e. The van der Waals surface area contributed by atoms with Crippen LogP contribution in [0.2, 0.25) is 0 Å². The molecule has 8 rings (SSSR count). The van der Waals surface area contributed by atoms with Gasteiger partial charge in [-0.1, -0.05) is 91.0 Å². The van der Waals surface area contributed by atoms with Crippen molar-refractivity contribution in [2.24, 2.45) is 0 Å². The number of para-hydroxylation sites is 2. The van der Waals surface area contributed by atoms with Gasteiger partial charge in [0.1, 0.15) is 0 Å². The quantitative estimate of drug-likeness (QED) is 0.239. The summed E-state index contributed by atoms with van der Waals surface area (Å²) in [5.41, 5.74) is 12.0. The van der Waals surface area contributed by atoms with Gasteiger partial charge in [-0.15, -0.1) is 0 Å². The highest BCUT2D eigenvalue weighted by molar-refractivity contribution is 5.87. The normalized spacial score (nSPS) is 17.0. The smallest absolute Gasteiger partial charge is 0.0505 e. The summed E-state index contributed by atoms with van der Waals surface area (Å²) in [4.78, 5) is 2.46. The first-order valence-electron chi connectivity index (χ1n) is 14.7. The zero-order valence-corrected chi connectivity index (χ0v) is 23.1. The number of fused-ring (bicyclic) bond motifs is 5. The van der Waals surface area contributed by atoms with Crippen LogP contribution in [0, 0.1) is 0 Å². The van der Waals surface area contributed by atoms with Crippen LogP contribution >= 0.6 is 0 Å². The summed E-state index contributed by atoms with van der Waals surface area (Å²) in [6.45, 7) is 0. The first-order chi connectivity index (χ1) is 20.3. The van der Waals surface area contributed by atoms with Crippen molar-refractivity contribution < 1.29 is 0 Å². The minimum absolute atomic E-state index is 0.0243. The van der Waals surface area contributed by atoms with Crippen molar-refractivity contribution in [3.63, 3.8) is 0 Å². The van der Waals surface area contributed by atoms with Gasteiger partial charge in [0.2, 0.25) is 0 Å². The lowest BCUT2D eigenvalue weighted by atomic mass is 9.75. The van der Waals surface area contributed by atoms with E-state index in [4.69, 9.17) is 0 Å². The van der Waals surface area contributed by atoms with Crippen molar-refractivity contribution in [1.29, 1.82) is 0 Å². The van der Waals surface area contributed by atoms with E-state index in [1.54, 1.807) is 0 Å². The summed E-state index contributed by atoms with van der Waals surface area (Å²) in [5.74, 6) is 0. The van der Waals surface area contributed by atoms with Crippen LogP contribution in [0.25, 0.3) is 10.8 Å². The van der Waals surface area contributed by atoms with Gasteiger partial charge in [0.15, 0.2) is 0 Å². The average Bonchev–Trinajstić information content (AvgIpc) is 3.61. The molecule has 2 aliphatic carbocycles. The van der Waals surface area contributed by atoms with E-state index in [0.29, 0.717) is 0 Å². The summed E-state index contributed by atoms with van der Waals surface area (Å²) in [6.07, 6.45) is 4.48. The number of hydrogen-bond acceptors (Lipinski definition) is 2.